The van der Waals surface area contributed by atoms with E-state index in [2.05, 4.69) is 10.6 Å². The van der Waals surface area contributed by atoms with Gasteiger partial charge in [-0.1, -0.05) is 41.4 Å². The number of para-hydroxylation sites is 1. The second-order valence-electron chi connectivity index (χ2n) is 5.70. The molecule has 6 nitrogen and oxygen atoms in total. The predicted octanol–water partition coefficient (Wildman–Crippen LogP) is 4.20. The lowest BCUT2D eigenvalue weighted by Crippen LogP contribution is -2.21. The number of benzene rings is 2. The van der Waals surface area contributed by atoms with Crippen molar-refractivity contribution in [2.75, 3.05) is 17.2 Å². The molecule has 0 bridgehead atoms. The largest absolute Gasteiger partial charge is 0.456 e. The predicted molar refractivity (Wildman–Crippen MR) is 105 cm³/mol. The molecule has 8 heteroatoms. The van der Waals surface area contributed by atoms with Crippen LogP contribution in [0.1, 0.15) is 18.4 Å². The molecule has 2 aromatic carbocycles. The Balaban J connectivity index is 1.70. The molecule has 2 aromatic rings. The summed E-state index contributed by atoms with van der Waals surface area (Å²) in [4.78, 5) is 35.4. The number of anilines is 2. The van der Waals surface area contributed by atoms with E-state index >= 15 is 0 Å². The van der Waals surface area contributed by atoms with Gasteiger partial charge in [0.1, 0.15) is 0 Å². The Labute approximate surface area is 166 Å². The van der Waals surface area contributed by atoms with Crippen LogP contribution in [0.25, 0.3) is 0 Å². The number of hydrogen-bond donors (Lipinski definition) is 2. The molecule has 0 saturated carbocycles. The number of esters is 1. The molecule has 0 radical (unpaired) electrons. The second-order valence-corrected chi connectivity index (χ2v) is 6.52. The minimum absolute atomic E-state index is 0.0401. The molecule has 0 fully saturated rings. The Morgan fingerprint density at radius 2 is 1.67 bits per heavy atom. The third-order valence-electron chi connectivity index (χ3n) is 3.54. The van der Waals surface area contributed by atoms with E-state index in [-0.39, 0.29) is 18.7 Å². The molecule has 142 valence electrons. The Bertz CT molecular complexity index is 855. The summed E-state index contributed by atoms with van der Waals surface area (Å²) in [6.45, 7) is 1.41. The summed E-state index contributed by atoms with van der Waals surface area (Å²) in [5, 5.41) is 5.92. The summed E-state index contributed by atoms with van der Waals surface area (Å²) in [5.74, 6) is -1.47. The third kappa shape index (κ3) is 6.92. The number of hydrogen-bond acceptors (Lipinski definition) is 4. The van der Waals surface area contributed by atoms with Crippen LogP contribution in [0, 0.1) is 6.92 Å². The van der Waals surface area contributed by atoms with Crippen LogP contribution in [0.4, 0.5) is 11.4 Å². The van der Waals surface area contributed by atoms with Crippen LogP contribution in [0.2, 0.25) is 10.0 Å². The van der Waals surface area contributed by atoms with Crippen molar-refractivity contribution >= 4 is 52.4 Å². The summed E-state index contributed by atoms with van der Waals surface area (Å²) in [6.07, 6.45) is -0.167. The van der Waals surface area contributed by atoms with Gasteiger partial charge in [0.25, 0.3) is 5.91 Å². The highest BCUT2D eigenvalue weighted by atomic mass is 35.5. The van der Waals surface area contributed by atoms with E-state index < -0.39 is 18.5 Å². The van der Waals surface area contributed by atoms with Crippen LogP contribution in [0.15, 0.2) is 42.5 Å². The Morgan fingerprint density at radius 1 is 0.926 bits per heavy atom. The lowest BCUT2D eigenvalue weighted by atomic mass is 10.2. The van der Waals surface area contributed by atoms with Crippen LogP contribution in [-0.4, -0.2) is 24.4 Å². The number of ether oxygens (including phenoxy) is 1. The van der Waals surface area contributed by atoms with E-state index in [0.29, 0.717) is 21.4 Å². The maximum Gasteiger partial charge on any atom is 0.306 e. The van der Waals surface area contributed by atoms with Crippen LogP contribution in [0.3, 0.4) is 0 Å². The number of halogens is 2. The van der Waals surface area contributed by atoms with Gasteiger partial charge < -0.3 is 15.4 Å². The van der Waals surface area contributed by atoms with Gasteiger partial charge in [0.05, 0.1) is 16.5 Å². The first-order valence-electron chi connectivity index (χ1n) is 8.11. The van der Waals surface area contributed by atoms with Crippen LogP contribution in [0.5, 0.6) is 0 Å². The average molecular weight is 409 g/mol. The van der Waals surface area contributed by atoms with E-state index in [1.807, 2.05) is 25.1 Å². The highest BCUT2D eigenvalue weighted by Gasteiger charge is 2.12. The standard InChI is InChI=1S/C19H18Cl2N2O4/c1-12-4-2-3-5-16(12)23-17(24)8-9-19(26)27-11-18(25)22-13-6-7-14(20)15(21)10-13/h2-7,10H,8-9,11H2,1H3,(H,22,25)(H,23,24). The van der Waals surface area contributed by atoms with Gasteiger partial charge in [0.2, 0.25) is 5.91 Å². The molecule has 0 aliphatic heterocycles. The van der Waals surface area contributed by atoms with Crippen molar-refractivity contribution in [1.29, 1.82) is 0 Å². The third-order valence-corrected chi connectivity index (χ3v) is 4.28. The first-order valence-corrected chi connectivity index (χ1v) is 8.87. The quantitative estimate of drug-likeness (QED) is 0.672. The van der Waals surface area contributed by atoms with Gasteiger partial charge in [-0.25, -0.2) is 0 Å². The van der Waals surface area contributed by atoms with Crippen molar-refractivity contribution < 1.29 is 19.1 Å². The first-order chi connectivity index (χ1) is 12.8. The zero-order valence-electron chi connectivity index (χ0n) is 14.6. The highest BCUT2D eigenvalue weighted by molar-refractivity contribution is 6.42. The van der Waals surface area contributed by atoms with E-state index in [0.717, 1.165) is 5.56 Å². The van der Waals surface area contributed by atoms with Gasteiger partial charge in [0, 0.05) is 17.8 Å². The minimum atomic E-state index is -0.640. The van der Waals surface area contributed by atoms with Gasteiger partial charge >= 0.3 is 5.97 Å². The van der Waals surface area contributed by atoms with E-state index in [1.165, 1.54) is 6.07 Å². The molecule has 2 N–H and O–H groups in total. The number of nitrogens with one attached hydrogen (secondary N) is 2. The fourth-order valence-corrected chi connectivity index (χ4v) is 2.43. The zero-order chi connectivity index (χ0) is 19.8. The Kier molecular flexibility index (Phi) is 7.64. The maximum atomic E-state index is 11.9. The molecule has 0 spiro atoms. The van der Waals surface area contributed by atoms with Crippen LogP contribution < -0.4 is 10.6 Å². The summed E-state index contributed by atoms with van der Waals surface area (Å²) in [7, 11) is 0. The topological polar surface area (TPSA) is 84.5 Å². The van der Waals surface area contributed by atoms with Crippen molar-refractivity contribution in [1.82, 2.24) is 0 Å². The van der Waals surface area contributed by atoms with Crippen LogP contribution >= 0.6 is 23.2 Å². The number of carbonyl (C=O) groups excluding carboxylic acids is 3. The number of carbonyl (C=O) groups is 3. The minimum Gasteiger partial charge on any atom is -0.456 e. The van der Waals surface area contributed by atoms with Gasteiger partial charge in [-0.2, -0.15) is 0 Å². The molecule has 0 unspecified atom stereocenters. The molecule has 0 atom stereocenters. The van der Waals surface area contributed by atoms with Crippen molar-refractivity contribution in [3.63, 3.8) is 0 Å². The molecule has 0 saturated heterocycles. The lowest BCUT2D eigenvalue weighted by molar-refractivity contribution is -0.147. The molecule has 0 aromatic heterocycles. The van der Waals surface area contributed by atoms with Crippen molar-refractivity contribution in [2.24, 2.45) is 0 Å². The van der Waals surface area contributed by atoms with Gasteiger partial charge in [-0.15, -0.1) is 0 Å². The SMILES string of the molecule is Cc1ccccc1NC(=O)CCC(=O)OCC(=O)Nc1ccc(Cl)c(Cl)c1. The fraction of sp³-hybridized carbons (Fsp3) is 0.211. The van der Waals surface area contributed by atoms with E-state index in [9.17, 15) is 14.4 Å². The van der Waals surface area contributed by atoms with E-state index in [4.69, 9.17) is 27.9 Å². The summed E-state index contributed by atoms with van der Waals surface area (Å²) < 4.78 is 4.86. The molecule has 0 heterocycles. The monoisotopic (exact) mass is 408 g/mol. The average Bonchev–Trinajstić information content (AvgIpc) is 2.63. The second kappa shape index (κ2) is 9.94. The summed E-state index contributed by atoms with van der Waals surface area (Å²) >= 11 is 11.7. The molecule has 27 heavy (non-hydrogen) atoms. The molecule has 2 amide bonds. The van der Waals surface area contributed by atoms with Crippen molar-refractivity contribution in [3.8, 4) is 0 Å². The normalized spacial score (nSPS) is 10.2. The number of rotatable bonds is 7. The van der Waals surface area contributed by atoms with Crippen molar-refractivity contribution in [2.45, 2.75) is 19.8 Å². The van der Waals surface area contributed by atoms with Crippen LogP contribution in [-0.2, 0) is 19.1 Å². The molecule has 2 rings (SSSR count). The maximum absolute atomic E-state index is 11.9. The summed E-state index contributed by atoms with van der Waals surface area (Å²) in [6, 6.07) is 11.9. The molecular formula is C19H18Cl2N2O4. The fourth-order valence-electron chi connectivity index (χ4n) is 2.13. The Hall–Kier alpha value is -2.57. The van der Waals surface area contributed by atoms with Gasteiger partial charge in [-0.05, 0) is 36.8 Å². The van der Waals surface area contributed by atoms with Gasteiger partial charge in [0.15, 0.2) is 6.61 Å². The zero-order valence-corrected chi connectivity index (χ0v) is 16.1. The smallest absolute Gasteiger partial charge is 0.306 e. The van der Waals surface area contributed by atoms with Gasteiger partial charge in [-0.3, -0.25) is 14.4 Å². The first kappa shape index (κ1) is 20.7. The number of amides is 2. The molecule has 0 aliphatic carbocycles. The highest BCUT2D eigenvalue weighted by Crippen LogP contribution is 2.24. The molecule has 0 aliphatic rings. The Morgan fingerprint density at radius 3 is 2.37 bits per heavy atom. The van der Waals surface area contributed by atoms with Crippen molar-refractivity contribution in [3.05, 3.63) is 58.1 Å². The number of aryl methyl sites for hydroxylation is 1. The van der Waals surface area contributed by atoms with E-state index in [1.54, 1.807) is 18.2 Å². The molecular weight excluding hydrogens is 391 g/mol. The lowest BCUT2D eigenvalue weighted by Gasteiger charge is -2.09. The summed E-state index contributed by atoms with van der Waals surface area (Å²) in [5.41, 5.74) is 2.05.